The molecular formula is C17H23FO5. The predicted molar refractivity (Wildman–Crippen MR) is 82.6 cm³/mol. The second kappa shape index (κ2) is 7.94. The molecule has 0 aliphatic carbocycles. The van der Waals surface area contributed by atoms with Crippen LogP contribution in [-0.4, -0.2) is 31.8 Å². The van der Waals surface area contributed by atoms with E-state index in [1.54, 1.807) is 26.8 Å². The van der Waals surface area contributed by atoms with E-state index in [-0.39, 0.29) is 18.6 Å². The minimum absolute atomic E-state index is 0.121. The lowest BCUT2D eigenvalue weighted by atomic mass is 9.96. The Kier molecular flexibility index (Phi) is 6.54. The van der Waals surface area contributed by atoms with E-state index in [0.29, 0.717) is 5.56 Å². The maximum absolute atomic E-state index is 13.7. The number of rotatable bonds is 6. The molecule has 5 nitrogen and oxygen atoms in total. The van der Waals surface area contributed by atoms with E-state index in [1.165, 1.54) is 26.4 Å². The normalized spacial score (nSPS) is 12.4. The molecule has 0 radical (unpaired) electrons. The number of esters is 2. The van der Waals surface area contributed by atoms with Crippen molar-refractivity contribution in [2.45, 2.75) is 39.2 Å². The summed E-state index contributed by atoms with van der Waals surface area (Å²) < 4.78 is 28.5. The molecule has 0 aliphatic heterocycles. The molecule has 0 saturated carbocycles. The van der Waals surface area contributed by atoms with Gasteiger partial charge in [0.2, 0.25) is 0 Å². The first kappa shape index (κ1) is 18.9. The van der Waals surface area contributed by atoms with Gasteiger partial charge >= 0.3 is 11.9 Å². The first-order chi connectivity index (χ1) is 10.7. The minimum atomic E-state index is -0.734. The number of benzene rings is 1. The Hall–Kier alpha value is -2.11. The largest absolute Gasteiger partial charge is 0.494 e. The van der Waals surface area contributed by atoms with Gasteiger partial charge in [-0.2, -0.15) is 0 Å². The van der Waals surface area contributed by atoms with E-state index in [9.17, 15) is 14.0 Å². The Morgan fingerprint density at radius 1 is 1.22 bits per heavy atom. The van der Waals surface area contributed by atoms with Crippen LogP contribution in [0.1, 0.15) is 32.8 Å². The summed E-state index contributed by atoms with van der Waals surface area (Å²) in [6, 6.07) is 4.41. The summed E-state index contributed by atoms with van der Waals surface area (Å²) in [5.74, 6) is -2.17. The van der Waals surface area contributed by atoms with Crippen LogP contribution in [0, 0.1) is 11.7 Å². The van der Waals surface area contributed by atoms with Crippen molar-refractivity contribution in [1.82, 2.24) is 0 Å². The Bertz CT molecular complexity index is 563. The fourth-order valence-corrected chi connectivity index (χ4v) is 2.11. The molecule has 0 aliphatic rings. The summed E-state index contributed by atoms with van der Waals surface area (Å²) in [7, 11) is 2.62. The van der Waals surface area contributed by atoms with Crippen LogP contribution in [0.2, 0.25) is 0 Å². The lowest BCUT2D eigenvalue weighted by Gasteiger charge is -2.21. The number of halogens is 1. The molecule has 0 spiro atoms. The fourth-order valence-electron chi connectivity index (χ4n) is 2.11. The Labute approximate surface area is 135 Å². The highest BCUT2D eigenvalue weighted by atomic mass is 19.1. The quantitative estimate of drug-likeness (QED) is 0.752. The van der Waals surface area contributed by atoms with Gasteiger partial charge in [0, 0.05) is 0 Å². The molecule has 0 bridgehead atoms. The summed E-state index contributed by atoms with van der Waals surface area (Å²) in [5.41, 5.74) is -0.0634. The number of hydrogen-bond acceptors (Lipinski definition) is 5. The third-order valence-corrected chi connectivity index (χ3v) is 3.07. The molecule has 1 aromatic carbocycles. The molecule has 1 atom stereocenters. The molecule has 1 aromatic rings. The average Bonchev–Trinajstić information content (AvgIpc) is 2.44. The van der Waals surface area contributed by atoms with Crippen LogP contribution in [0.5, 0.6) is 5.75 Å². The zero-order valence-electron chi connectivity index (χ0n) is 14.1. The summed E-state index contributed by atoms with van der Waals surface area (Å²) in [4.78, 5) is 23.8. The molecule has 1 rings (SSSR count). The average molecular weight is 326 g/mol. The monoisotopic (exact) mass is 326 g/mol. The summed E-state index contributed by atoms with van der Waals surface area (Å²) in [6.07, 6.45) is 0.0461. The number of carbonyl (C=O) groups is 2. The molecule has 1 unspecified atom stereocenters. The molecule has 0 heterocycles. The van der Waals surface area contributed by atoms with Crippen molar-refractivity contribution in [2.75, 3.05) is 14.2 Å². The molecule has 0 aromatic heterocycles. The zero-order chi connectivity index (χ0) is 17.6. The Morgan fingerprint density at radius 2 is 1.87 bits per heavy atom. The lowest BCUT2D eigenvalue weighted by Crippen LogP contribution is -2.28. The van der Waals surface area contributed by atoms with Gasteiger partial charge in [0.05, 0.1) is 26.6 Å². The van der Waals surface area contributed by atoms with Crippen molar-refractivity contribution < 1.29 is 28.2 Å². The standard InChI is InChI=1S/C17H23FO5/c1-17(2,3)23-15(19)10-12(16(20)22-5)8-11-6-7-14(21-4)13(18)9-11/h6-7,9,12H,8,10H2,1-5H3. The van der Waals surface area contributed by atoms with Crippen LogP contribution < -0.4 is 4.74 Å². The molecule has 0 saturated heterocycles. The summed E-state index contributed by atoms with van der Waals surface area (Å²) >= 11 is 0. The molecule has 23 heavy (non-hydrogen) atoms. The SMILES string of the molecule is COC(=O)C(CC(=O)OC(C)(C)C)Cc1ccc(OC)c(F)c1. The highest BCUT2D eigenvalue weighted by molar-refractivity contribution is 5.80. The van der Waals surface area contributed by atoms with Crippen molar-refractivity contribution in [3.05, 3.63) is 29.6 Å². The molecule has 128 valence electrons. The molecule has 6 heteroatoms. The third kappa shape index (κ3) is 6.26. The maximum Gasteiger partial charge on any atom is 0.309 e. The van der Waals surface area contributed by atoms with Crippen LogP contribution >= 0.6 is 0 Å². The zero-order valence-corrected chi connectivity index (χ0v) is 14.1. The van der Waals surface area contributed by atoms with E-state index in [4.69, 9.17) is 14.2 Å². The van der Waals surface area contributed by atoms with E-state index in [2.05, 4.69) is 0 Å². The van der Waals surface area contributed by atoms with Crippen molar-refractivity contribution in [1.29, 1.82) is 0 Å². The van der Waals surface area contributed by atoms with E-state index < -0.39 is 29.3 Å². The van der Waals surface area contributed by atoms with Crippen LogP contribution in [0.3, 0.4) is 0 Å². The van der Waals surface area contributed by atoms with Crippen molar-refractivity contribution in [3.63, 3.8) is 0 Å². The van der Waals surface area contributed by atoms with Gasteiger partial charge in [-0.05, 0) is 44.9 Å². The van der Waals surface area contributed by atoms with E-state index >= 15 is 0 Å². The lowest BCUT2D eigenvalue weighted by molar-refractivity contribution is -0.160. The molecular weight excluding hydrogens is 303 g/mol. The highest BCUT2D eigenvalue weighted by Crippen LogP contribution is 2.22. The number of carbonyl (C=O) groups excluding carboxylic acids is 2. The first-order valence-electron chi connectivity index (χ1n) is 7.28. The van der Waals surface area contributed by atoms with Gasteiger partial charge in [0.15, 0.2) is 11.6 Å². The first-order valence-corrected chi connectivity index (χ1v) is 7.28. The number of methoxy groups -OCH3 is 2. The highest BCUT2D eigenvalue weighted by Gasteiger charge is 2.26. The second-order valence-corrected chi connectivity index (χ2v) is 6.18. The Balaban J connectivity index is 2.85. The van der Waals surface area contributed by atoms with Gasteiger partial charge in [-0.1, -0.05) is 6.07 Å². The smallest absolute Gasteiger partial charge is 0.309 e. The number of hydrogen-bond donors (Lipinski definition) is 0. The number of ether oxygens (including phenoxy) is 3. The van der Waals surface area contributed by atoms with Crippen LogP contribution in [-0.2, 0) is 25.5 Å². The predicted octanol–water partition coefficient (Wildman–Crippen LogP) is 2.90. The van der Waals surface area contributed by atoms with E-state index in [0.717, 1.165) is 0 Å². The van der Waals surface area contributed by atoms with Gasteiger partial charge in [0.1, 0.15) is 5.60 Å². The minimum Gasteiger partial charge on any atom is -0.494 e. The van der Waals surface area contributed by atoms with Gasteiger partial charge in [0.25, 0.3) is 0 Å². The third-order valence-electron chi connectivity index (χ3n) is 3.07. The van der Waals surface area contributed by atoms with Gasteiger partial charge < -0.3 is 14.2 Å². The molecule has 0 N–H and O–H groups in total. The van der Waals surface area contributed by atoms with Crippen molar-refractivity contribution in [2.24, 2.45) is 5.92 Å². The summed E-state index contributed by atoms with van der Waals surface area (Å²) in [5, 5.41) is 0. The van der Waals surface area contributed by atoms with Gasteiger partial charge in [-0.3, -0.25) is 9.59 Å². The molecule has 0 amide bonds. The topological polar surface area (TPSA) is 61.8 Å². The second-order valence-electron chi connectivity index (χ2n) is 6.18. The van der Waals surface area contributed by atoms with Crippen LogP contribution in [0.4, 0.5) is 4.39 Å². The molecule has 0 fully saturated rings. The van der Waals surface area contributed by atoms with Crippen LogP contribution in [0.25, 0.3) is 0 Å². The van der Waals surface area contributed by atoms with E-state index in [1.807, 2.05) is 0 Å². The maximum atomic E-state index is 13.7. The summed E-state index contributed by atoms with van der Waals surface area (Å²) in [6.45, 7) is 5.24. The fraction of sp³-hybridized carbons (Fsp3) is 0.529. The van der Waals surface area contributed by atoms with Crippen molar-refractivity contribution in [3.8, 4) is 5.75 Å². The Morgan fingerprint density at radius 3 is 2.35 bits per heavy atom. The van der Waals surface area contributed by atoms with Crippen LogP contribution in [0.15, 0.2) is 18.2 Å². The van der Waals surface area contributed by atoms with Gasteiger partial charge in [-0.25, -0.2) is 4.39 Å². The van der Waals surface area contributed by atoms with Crippen molar-refractivity contribution >= 4 is 11.9 Å². The van der Waals surface area contributed by atoms with Gasteiger partial charge in [-0.15, -0.1) is 0 Å².